The molecule has 1 saturated heterocycles. The third-order valence-corrected chi connectivity index (χ3v) is 4.88. The minimum Gasteiger partial charge on any atom is -0.493 e. The number of urea groups is 1. The molecule has 6 heteroatoms. The van der Waals surface area contributed by atoms with Crippen LogP contribution in [-0.4, -0.2) is 50.4 Å². The van der Waals surface area contributed by atoms with Gasteiger partial charge in [-0.3, -0.25) is 0 Å². The van der Waals surface area contributed by atoms with Crippen LogP contribution in [0.5, 0.6) is 11.5 Å². The number of hydrogen-bond donors (Lipinski definition) is 1. The van der Waals surface area contributed by atoms with Crippen molar-refractivity contribution < 1.29 is 19.0 Å². The van der Waals surface area contributed by atoms with Crippen molar-refractivity contribution in [3.63, 3.8) is 0 Å². The third kappa shape index (κ3) is 3.43. The summed E-state index contributed by atoms with van der Waals surface area (Å²) in [5, 5.41) is 3.08. The zero-order chi connectivity index (χ0) is 17.1. The van der Waals surface area contributed by atoms with Crippen molar-refractivity contribution in [3.8, 4) is 11.5 Å². The van der Waals surface area contributed by atoms with Crippen molar-refractivity contribution in [1.82, 2.24) is 10.2 Å². The largest absolute Gasteiger partial charge is 0.493 e. The van der Waals surface area contributed by atoms with Gasteiger partial charge in [0.05, 0.1) is 26.4 Å². The van der Waals surface area contributed by atoms with Crippen molar-refractivity contribution in [3.05, 3.63) is 23.3 Å². The molecule has 1 N–H and O–H groups in total. The van der Waals surface area contributed by atoms with Gasteiger partial charge < -0.3 is 24.4 Å². The molecule has 0 saturated carbocycles. The van der Waals surface area contributed by atoms with Crippen LogP contribution in [0.1, 0.15) is 30.9 Å². The molecule has 0 radical (unpaired) electrons. The van der Waals surface area contributed by atoms with E-state index < -0.39 is 0 Å². The number of amides is 2. The molecule has 0 spiro atoms. The normalized spacial score (nSPS) is 21.1. The highest BCUT2D eigenvalue weighted by Gasteiger charge is 2.27. The molecular formula is C18H26N2O4. The lowest BCUT2D eigenvalue weighted by Crippen LogP contribution is -2.49. The van der Waals surface area contributed by atoms with E-state index in [2.05, 4.69) is 5.32 Å². The fourth-order valence-corrected chi connectivity index (χ4v) is 3.43. The zero-order valence-electron chi connectivity index (χ0n) is 14.6. The molecule has 24 heavy (non-hydrogen) atoms. The van der Waals surface area contributed by atoms with E-state index in [4.69, 9.17) is 14.2 Å². The van der Waals surface area contributed by atoms with Crippen LogP contribution in [-0.2, 0) is 17.7 Å². The van der Waals surface area contributed by atoms with Gasteiger partial charge in [0.25, 0.3) is 0 Å². The van der Waals surface area contributed by atoms with Gasteiger partial charge in [0.1, 0.15) is 0 Å². The third-order valence-electron chi connectivity index (χ3n) is 4.88. The number of methoxy groups -OCH3 is 2. The molecule has 2 heterocycles. The summed E-state index contributed by atoms with van der Waals surface area (Å²) < 4.78 is 16.4. The Bertz CT molecular complexity index is 599. The van der Waals surface area contributed by atoms with Crippen LogP contribution in [0.15, 0.2) is 12.1 Å². The van der Waals surface area contributed by atoms with Gasteiger partial charge in [0.2, 0.25) is 0 Å². The van der Waals surface area contributed by atoms with Crippen molar-refractivity contribution in [1.29, 1.82) is 0 Å². The van der Waals surface area contributed by atoms with Crippen LogP contribution < -0.4 is 14.8 Å². The molecule has 1 fully saturated rings. The molecule has 2 amide bonds. The first-order valence-corrected chi connectivity index (χ1v) is 8.53. The quantitative estimate of drug-likeness (QED) is 0.918. The van der Waals surface area contributed by atoms with Crippen LogP contribution in [0.3, 0.4) is 0 Å². The molecule has 2 aliphatic heterocycles. The molecule has 0 unspecified atom stereocenters. The van der Waals surface area contributed by atoms with Gasteiger partial charge in [0.15, 0.2) is 11.5 Å². The summed E-state index contributed by atoms with van der Waals surface area (Å²) in [5.41, 5.74) is 2.32. The van der Waals surface area contributed by atoms with Crippen LogP contribution in [0.25, 0.3) is 0 Å². The van der Waals surface area contributed by atoms with Gasteiger partial charge in [0, 0.05) is 19.7 Å². The lowest BCUT2D eigenvalue weighted by atomic mass is 9.99. The summed E-state index contributed by atoms with van der Waals surface area (Å²) >= 11 is 0. The van der Waals surface area contributed by atoms with Gasteiger partial charge in [-0.15, -0.1) is 0 Å². The van der Waals surface area contributed by atoms with Crippen molar-refractivity contribution in [2.24, 2.45) is 0 Å². The highest BCUT2D eigenvalue weighted by Crippen LogP contribution is 2.33. The molecule has 2 aliphatic rings. The average Bonchev–Trinajstić information content (AvgIpc) is 3.14. The molecule has 0 aromatic heterocycles. The zero-order valence-corrected chi connectivity index (χ0v) is 14.6. The fraction of sp³-hybridized carbons (Fsp3) is 0.611. The van der Waals surface area contributed by atoms with E-state index in [0.717, 1.165) is 37.2 Å². The number of carbonyl (C=O) groups is 1. The Balaban J connectivity index is 1.66. The van der Waals surface area contributed by atoms with E-state index in [-0.39, 0.29) is 18.2 Å². The van der Waals surface area contributed by atoms with Gasteiger partial charge in [-0.25, -0.2) is 4.79 Å². The number of fused-ring (bicyclic) bond motifs is 1. The lowest BCUT2D eigenvalue weighted by molar-refractivity contribution is 0.0829. The average molecular weight is 334 g/mol. The van der Waals surface area contributed by atoms with E-state index >= 15 is 0 Å². The Morgan fingerprint density at radius 3 is 2.62 bits per heavy atom. The molecule has 6 nitrogen and oxygen atoms in total. The Morgan fingerprint density at radius 2 is 2.00 bits per heavy atom. The Kier molecular flexibility index (Phi) is 5.14. The lowest BCUT2D eigenvalue weighted by Gasteiger charge is -2.31. The second kappa shape index (κ2) is 7.30. The summed E-state index contributed by atoms with van der Waals surface area (Å²) in [4.78, 5) is 14.4. The van der Waals surface area contributed by atoms with Crippen molar-refractivity contribution in [2.75, 3.05) is 27.4 Å². The molecule has 0 aliphatic carbocycles. The highest BCUT2D eigenvalue weighted by atomic mass is 16.5. The Labute approximate surface area is 143 Å². The molecule has 2 atom stereocenters. The second-order valence-electron chi connectivity index (χ2n) is 6.44. The molecule has 3 rings (SSSR count). The number of ether oxygens (including phenoxy) is 3. The molecule has 132 valence electrons. The second-order valence-corrected chi connectivity index (χ2v) is 6.44. The molecule has 0 bridgehead atoms. The maximum Gasteiger partial charge on any atom is 0.318 e. The number of nitrogens with zero attached hydrogens (tertiary/aromatic N) is 1. The van der Waals surface area contributed by atoms with Crippen LogP contribution in [0, 0.1) is 0 Å². The van der Waals surface area contributed by atoms with E-state index in [0.29, 0.717) is 18.8 Å². The first-order chi connectivity index (χ1) is 11.6. The maximum absolute atomic E-state index is 12.6. The highest BCUT2D eigenvalue weighted by molar-refractivity contribution is 5.75. The standard InChI is InChI=1S/C18H26N2O4/c1-12(15-5-4-8-24-15)19-18(21)20-7-6-13-9-16(22-2)17(23-3)10-14(13)11-20/h9-10,12,15H,4-8,11H2,1-3H3,(H,19,21)/t12-,15+/m0/s1. The van der Waals surface area contributed by atoms with Gasteiger partial charge in [-0.1, -0.05) is 0 Å². The minimum atomic E-state index is -0.0292. The van der Waals surface area contributed by atoms with Crippen LogP contribution in [0.4, 0.5) is 4.79 Å². The Morgan fingerprint density at radius 1 is 1.29 bits per heavy atom. The smallest absolute Gasteiger partial charge is 0.318 e. The number of hydrogen-bond acceptors (Lipinski definition) is 4. The van der Waals surface area contributed by atoms with E-state index in [9.17, 15) is 4.79 Å². The molecular weight excluding hydrogens is 308 g/mol. The minimum absolute atomic E-state index is 0.0292. The predicted octanol–water partition coefficient (Wildman–Crippen LogP) is 2.34. The first-order valence-electron chi connectivity index (χ1n) is 8.53. The topological polar surface area (TPSA) is 60.0 Å². The number of benzene rings is 1. The summed E-state index contributed by atoms with van der Waals surface area (Å²) in [5.74, 6) is 1.44. The van der Waals surface area contributed by atoms with Crippen molar-refractivity contribution in [2.45, 2.75) is 44.9 Å². The van der Waals surface area contributed by atoms with E-state index in [1.54, 1.807) is 14.2 Å². The fourth-order valence-electron chi connectivity index (χ4n) is 3.43. The van der Waals surface area contributed by atoms with Crippen molar-refractivity contribution >= 4 is 6.03 Å². The summed E-state index contributed by atoms with van der Waals surface area (Å²) in [6, 6.07) is 3.99. The van der Waals surface area contributed by atoms with E-state index in [1.807, 2.05) is 24.0 Å². The van der Waals surface area contributed by atoms with Crippen LogP contribution >= 0.6 is 0 Å². The molecule has 1 aromatic carbocycles. The number of nitrogens with one attached hydrogen (secondary N) is 1. The Hall–Kier alpha value is -1.95. The number of rotatable bonds is 4. The van der Waals surface area contributed by atoms with Gasteiger partial charge >= 0.3 is 6.03 Å². The number of carbonyl (C=O) groups excluding carboxylic acids is 1. The SMILES string of the molecule is COc1cc2c(cc1OC)CN(C(=O)N[C@@H](C)[C@H]1CCCO1)CC2. The van der Waals surface area contributed by atoms with Gasteiger partial charge in [-0.2, -0.15) is 0 Å². The van der Waals surface area contributed by atoms with E-state index in [1.165, 1.54) is 5.56 Å². The monoisotopic (exact) mass is 334 g/mol. The predicted molar refractivity (Wildman–Crippen MR) is 90.6 cm³/mol. The summed E-state index contributed by atoms with van der Waals surface area (Å²) in [7, 11) is 3.26. The summed E-state index contributed by atoms with van der Waals surface area (Å²) in [6.45, 7) is 4.09. The summed E-state index contributed by atoms with van der Waals surface area (Å²) in [6.07, 6.45) is 3.04. The first kappa shape index (κ1) is 16.9. The van der Waals surface area contributed by atoms with Gasteiger partial charge in [-0.05, 0) is 49.4 Å². The maximum atomic E-state index is 12.6. The van der Waals surface area contributed by atoms with Crippen LogP contribution in [0.2, 0.25) is 0 Å². The molecule has 1 aromatic rings.